The third kappa shape index (κ3) is 4.35. The van der Waals surface area contributed by atoms with Crippen molar-refractivity contribution >= 4 is 12.2 Å². The molecule has 0 amide bonds. The molecule has 0 unspecified atom stereocenters. The number of aromatic nitrogens is 3. The Morgan fingerprint density at radius 2 is 1.65 bits per heavy atom. The van der Waals surface area contributed by atoms with Gasteiger partial charge in [0.2, 0.25) is 0 Å². The van der Waals surface area contributed by atoms with Gasteiger partial charge in [-0.15, -0.1) is 0 Å². The lowest BCUT2D eigenvalue weighted by molar-refractivity contribution is 0.187. The number of methoxy groups -OCH3 is 1. The molecule has 0 bridgehead atoms. The van der Waals surface area contributed by atoms with Crippen LogP contribution < -0.4 is 4.74 Å². The summed E-state index contributed by atoms with van der Waals surface area (Å²) in [6.45, 7) is 7.36. The summed E-state index contributed by atoms with van der Waals surface area (Å²) in [4.78, 5) is 2.49. The van der Waals surface area contributed by atoms with Crippen molar-refractivity contribution in [2.45, 2.75) is 58.7 Å². The Kier molecular flexibility index (Phi) is 6.48. The number of hydrogen-bond donors (Lipinski definition) is 0. The van der Waals surface area contributed by atoms with Crippen molar-refractivity contribution < 1.29 is 4.74 Å². The Hall–Kier alpha value is -1.66. The van der Waals surface area contributed by atoms with Crippen molar-refractivity contribution in [2.24, 2.45) is 0 Å². The predicted molar refractivity (Wildman–Crippen MR) is 108 cm³/mol. The fourth-order valence-corrected chi connectivity index (χ4v) is 3.95. The molecule has 2 aromatic rings. The van der Waals surface area contributed by atoms with E-state index in [0.717, 1.165) is 41.7 Å². The minimum Gasteiger partial charge on any atom is -0.497 e. The quantitative estimate of drug-likeness (QED) is 0.698. The molecular weight excluding hydrogens is 344 g/mol. The number of nitrogens with zero attached hydrogens (tertiary/aromatic N) is 4. The van der Waals surface area contributed by atoms with Crippen molar-refractivity contribution in [3.63, 3.8) is 0 Å². The summed E-state index contributed by atoms with van der Waals surface area (Å²) in [6.07, 6.45) is 6.57. The second-order valence-electron chi connectivity index (χ2n) is 7.33. The van der Waals surface area contributed by atoms with Crippen molar-refractivity contribution in [1.82, 2.24) is 19.2 Å². The molecule has 0 atom stereocenters. The Labute approximate surface area is 161 Å². The van der Waals surface area contributed by atoms with Crippen LogP contribution in [0, 0.1) is 4.77 Å². The molecule has 1 aliphatic rings. The molecule has 0 N–H and O–H groups in total. The second-order valence-corrected chi connectivity index (χ2v) is 7.69. The number of hydrogen-bond acceptors (Lipinski definition) is 4. The third-order valence-corrected chi connectivity index (χ3v) is 5.43. The monoisotopic (exact) mass is 374 g/mol. The van der Waals surface area contributed by atoms with Gasteiger partial charge in [-0.3, -0.25) is 9.47 Å². The lowest BCUT2D eigenvalue weighted by Crippen LogP contribution is -2.30. The third-order valence-electron chi connectivity index (χ3n) is 5.02. The zero-order chi connectivity index (χ0) is 18.5. The number of ether oxygens (including phenoxy) is 1. The van der Waals surface area contributed by atoms with Gasteiger partial charge in [-0.2, -0.15) is 5.10 Å². The van der Waals surface area contributed by atoms with E-state index in [9.17, 15) is 0 Å². The first-order chi connectivity index (χ1) is 12.6. The van der Waals surface area contributed by atoms with Gasteiger partial charge in [-0.25, -0.2) is 4.68 Å². The highest BCUT2D eigenvalue weighted by molar-refractivity contribution is 7.71. The Morgan fingerprint density at radius 1 is 1.04 bits per heavy atom. The SMILES string of the molecule is COc1ccc(-c2nn(CN3CCCCCCC3)c(=S)n2C(C)C)cc1. The normalized spacial score (nSPS) is 16.5. The van der Waals surface area contributed by atoms with Crippen LogP contribution in [0.1, 0.15) is 52.0 Å². The van der Waals surface area contributed by atoms with E-state index in [1.165, 1.54) is 32.1 Å². The highest BCUT2D eigenvalue weighted by atomic mass is 32.1. The van der Waals surface area contributed by atoms with Gasteiger partial charge in [0.1, 0.15) is 5.75 Å². The highest BCUT2D eigenvalue weighted by Gasteiger charge is 2.17. The van der Waals surface area contributed by atoms with Gasteiger partial charge in [-0.1, -0.05) is 19.3 Å². The molecule has 5 nitrogen and oxygen atoms in total. The van der Waals surface area contributed by atoms with E-state index in [0.29, 0.717) is 0 Å². The molecule has 142 valence electrons. The van der Waals surface area contributed by atoms with Gasteiger partial charge in [0, 0.05) is 11.6 Å². The Morgan fingerprint density at radius 3 is 2.23 bits per heavy atom. The maximum atomic E-state index is 5.78. The molecule has 1 saturated heterocycles. The molecule has 0 saturated carbocycles. The first kappa shape index (κ1) is 19.1. The molecule has 1 aliphatic heterocycles. The maximum Gasteiger partial charge on any atom is 0.199 e. The van der Waals surface area contributed by atoms with Crippen molar-refractivity contribution in [3.05, 3.63) is 29.0 Å². The fraction of sp³-hybridized carbons (Fsp3) is 0.600. The minimum absolute atomic E-state index is 0.265. The van der Waals surface area contributed by atoms with Gasteiger partial charge in [0.05, 0.1) is 13.8 Å². The molecule has 2 heterocycles. The van der Waals surface area contributed by atoms with E-state index < -0.39 is 0 Å². The van der Waals surface area contributed by atoms with E-state index >= 15 is 0 Å². The summed E-state index contributed by atoms with van der Waals surface area (Å²) < 4.78 is 10.2. The topological polar surface area (TPSA) is 35.2 Å². The zero-order valence-corrected chi connectivity index (χ0v) is 17.0. The lowest BCUT2D eigenvalue weighted by Gasteiger charge is -2.24. The van der Waals surface area contributed by atoms with Gasteiger partial charge in [-0.05, 0) is 76.3 Å². The number of likely N-dealkylation sites (tertiary alicyclic amines) is 1. The van der Waals surface area contributed by atoms with Gasteiger partial charge < -0.3 is 4.74 Å². The van der Waals surface area contributed by atoms with E-state index in [1.807, 2.05) is 16.8 Å². The number of rotatable bonds is 5. The average molecular weight is 375 g/mol. The molecule has 1 aromatic carbocycles. The van der Waals surface area contributed by atoms with Crippen LogP contribution in [-0.4, -0.2) is 39.4 Å². The Balaban J connectivity index is 1.90. The van der Waals surface area contributed by atoms with Crippen LogP contribution in [0.5, 0.6) is 5.75 Å². The van der Waals surface area contributed by atoms with E-state index in [4.69, 9.17) is 22.1 Å². The predicted octanol–water partition coefficient (Wildman–Crippen LogP) is 4.89. The minimum atomic E-state index is 0.265. The summed E-state index contributed by atoms with van der Waals surface area (Å²) in [7, 11) is 1.68. The van der Waals surface area contributed by atoms with Crippen LogP contribution in [0.4, 0.5) is 0 Å². The molecule has 26 heavy (non-hydrogen) atoms. The molecular formula is C20H30N4OS. The maximum absolute atomic E-state index is 5.78. The van der Waals surface area contributed by atoms with E-state index in [1.54, 1.807) is 7.11 Å². The summed E-state index contributed by atoms with van der Waals surface area (Å²) in [5, 5.41) is 4.90. The molecule has 6 heteroatoms. The van der Waals surface area contributed by atoms with Crippen LogP contribution in [-0.2, 0) is 6.67 Å². The van der Waals surface area contributed by atoms with Crippen molar-refractivity contribution in [3.8, 4) is 17.1 Å². The van der Waals surface area contributed by atoms with Crippen LogP contribution >= 0.6 is 12.2 Å². The summed E-state index contributed by atoms with van der Waals surface area (Å²) in [5.74, 6) is 1.78. The largest absolute Gasteiger partial charge is 0.497 e. The molecule has 0 radical (unpaired) electrons. The van der Waals surface area contributed by atoms with Crippen LogP contribution in [0.2, 0.25) is 0 Å². The van der Waals surface area contributed by atoms with Gasteiger partial charge >= 0.3 is 0 Å². The van der Waals surface area contributed by atoms with Gasteiger partial charge in [0.15, 0.2) is 10.6 Å². The Bertz CT molecular complexity index is 755. The first-order valence-corrected chi connectivity index (χ1v) is 10.1. The smallest absolute Gasteiger partial charge is 0.199 e. The van der Waals surface area contributed by atoms with Gasteiger partial charge in [0.25, 0.3) is 0 Å². The summed E-state index contributed by atoms with van der Waals surface area (Å²) in [5.41, 5.74) is 1.07. The summed E-state index contributed by atoms with van der Waals surface area (Å²) >= 11 is 5.78. The van der Waals surface area contributed by atoms with Crippen molar-refractivity contribution in [1.29, 1.82) is 0 Å². The van der Waals surface area contributed by atoms with Crippen LogP contribution in [0.15, 0.2) is 24.3 Å². The van der Waals surface area contributed by atoms with E-state index in [2.05, 4.69) is 35.4 Å². The van der Waals surface area contributed by atoms with Crippen LogP contribution in [0.3, 0.4) is 0 Å². The standard InChI is InChI=1S/C20H30N4OS/c1-16(2)24-19(17-9-11-18(25-3)12-10-17)21-23(20(24)26)15-22-13-7-5-4-6-8-14-22/h9-12,16H,4-8,13-15H2,1-3H3. The molecule has 1 aromatic heterocycles. The first-order valence-electron chi connectivity index (χ1n) is 9.66. The van der Waals surface area contributed by atoms with Crippen LogP contribution in [0.25, 0.3) is 11.4 Å². The molecule has 0 spiro atoms. The summed E-state index contributed by atoms with van der Waals surface area (Å²) in [6, 6.07) is 8.31. The zero-order valence-electron chi connectivity index (χ0n) is 16.1. The van der Waals surface area contributed by atoms with Crippen molar-refractivity contribution in [2.75, 3.05) is 20.2 Å². The number of benzene rings is 1. The van der Waals surface area contributed by atoms with E-state index in [-0.39, 0.29) is 6.04 Å². The molecule has 0 aliphatic carbocycles. The lowest BCUT2D eigenvalue weighted by atomic mass is 10.1. The fourth-order valence-electron chi connectivity index (χ4n) is 3.56. The molecule has 3 rings (SSSR count). The second kappa shape index (κ2) is 8.82. The highest BCUT2D eigenvalue weighted by Crippen LogP contribution is 2.25. The average Bonchev–Trinajstić information content (AvgIpc) is 2.94. The molecule has 1 fully saturated rings.